The molecule has 6 heteroatoms. The van der Waals surface area contributed by atoms with Crippen molar-refractivity contribution in [3.63, 3.8) is 0 Å². The molecule has 0 aliphatic heterocycles. The minimum absolute atomic E-state index is 0.185. The summed E-state index contributed by atoms with van der Waals surface area (Å²) in [5, 5.41) is 24.8. The van der Waals surface area contributed by atoms with Crippen LogP contribution in [0.15, 0.2) is 109 Å². The molecule has 6 nitrogen and oxygen atoms in total. The number of para-hydroxylation sites is 2. The van der Waals surface area contributed by atoms with Gasteiger partial charge in [0.05, 0.1) is 22.9 Å². The topological polar surface area (TPSA) is 84.1 Å². The highest BCUT2D eigenvalue weighted by atomic mass is 16.3. The first-order chi connectivity index (χ1) is 17.2. The van der Waals surface area contributed by atoms with E-state index >= 15 is 0 Å². The van der Waals surface area contributed by atoms with Gasteiger partial charge in [-0.25, -0.2) is 9.67 Å². The van der Waals surface area contributed by atoms with Crippen LogP contribution in [0.3, 0.4) is 0 Å². The zero-order valence-corrected chi connectivity index (χ0v) is 18.6. The van der Waals surface area contributed by atoms with Crippen molar-refractivity contribution in [3.05, 3.63) is 109 Å². The van der Waals surface area contributed by atoms with Gasteiger partial charge in [-0.05, 0) is 66.2 Å². The molecule has 0 aliphatic carbocycles. The average Bonchev–Trinajstić information content (AvgIpc) is 3.30. The monoisotopic (exact) mass is 456 g/mol. The molecule has 168 valence electrons. The number of phenolic OH excluding ortho intramolecular Hbond substituents is 2. The fraction of sp³-hybridized carbons (Fsp3) is 0. The van der Waals surface area contributed by atoms with Crippen LogP contribution >= 0.6 is 0 Å². The summed E-state index contributed by atoms with van der Waals surface area (Å²) in [7, 11) is 0. The maximum absolute atomic E-state index is 9.94. The van der Waals surface area contributed by atoms with E-state index in [2.05, 4.69) is 4.98 Å². The summed E-state index contributed by atoms with van der Waals surface area (Å²) in [5.74, 6) is 0.952. The van der Waals surface area contributed by atoms with Gasteiger partial charge in [0.2, 0.25) is 0 Å². The molecule has 2 heterocycles. The van der Waals surface area contributed by atoms with Crippen molar-refractivity contribution >= 4 is 11.0 Å². The molecule has 6 rings (SSSR count). The molecular weight excluding hydrogens is 436 g/mol. The Morgan fingerprint density at radius 1 is 0.571 bits per heavy atom. The van der Waals surface area contributed by atoms with Gasteiger partial charge in [-0.3, -0.25) is 4.98 Å². The van der Waals surface area contributed by atoms with E-state index in [1.807, 2.05) is 78.9 Å². The quantitative estimate of drug-likeness (QED) is 0.329. The van der Waals surface area contributed by atoms with Crippen LogP contribution in [0.25, 0.3) is 50.5 Å². The van der Waals surface area contributed by atoms with E-state index in [4.69, 9.17) is 10.1 Å². The normalized spacial score (nSPS) is 11.1. The molecule has 35 heavy (non-hydrogen) atoms. The molecule has 2 aromatic heterocycles. The minimum atomic E-state index is 0.185. The lowest BCUT2D eigenvalue weighted by molar-refractivity contribution is 0.475. The Morgan fingerprint density at radius 3 is 1.86 bits per heavy atom. The van der Waals surface area contributed by atoms with Crippen molar-refractivity contribution in [3.8, 4) is 51.0 Å². The molecule has 0 spiro atoms. The van der Waals surface area contributed by atoms with Gasteiger partial charge in [-0.15, -0.1) is 0 Å². The maximum atomic E-state index is 9.94. The van der Waals surface area contributed by atoms with Crippen LogP contribution in [0.4, 0.5) is 0 Å². The van der Waals surface area contributed by atoms with Crippen molar-refractivity contribution in [2.45, 2.75) is 0 Å². The van der Waals surface area contributed by atoms with Crippen LogP contribution in [-0.4, -0.2) is 30.0 Å². The first-order valence-corrected chi connectivity index (χ1v) is 11.2. The largest absolute Gasteiger partial charge is 0.508 e. The van der Waals surface area contributed by atoms with E-state index in [0.717, 1.165) is 44.7 Å². The zero-order valence-electron chi connectivity index (χ0n) is 18.6. The summed E-state index contributed by atoms with van der Waals surface area (Å²) in [6.07, 6.45) is 1.72. The highest BCUT2D eigenvalue weighted by Crippen LogP contribution is 2.41. The van der Waals surface area contributed by atoms with Gasteiger partial charge in [-0.2, -0.15) is 5.10 Å². The standard InChI is InChI=1S/C29H20N4O2/c34-22-14-10-20(11-15-22)28-27(19-6-2-1-3-7-19)29(21-12-16-23(35)17-13-21)33(32-28)26-18-30-24-8-4-5-9-25(24)31-26/h1-18,34-35H. The average molecular weight is 457 g/mol. The molecule has 0 unspecified atom stereocenters. The molecule has 0 atom stereocenters. The Morgan fingerprint density at radius 2 is 1.17 bits per heavy atom. The van der Waals surface area contributed by atoms with Gasteiger partial charge in [-0.1, -0.05) is 42.5 Å². The van der Waals surface area contributed by atoms with Crippen LogP contribution in [0.5, 0.6) is 11.5 Å². The summed E-state index contributed by atoms with van der Waals surface area (Å²) in [6, 6.07) is 31.8. The number of rotatable bonds is 4. The predicted octanol–water partition coefficient (Wildman–Crippen LogP) is 6.23. The Hall–Kier alpha value is -4.97. The molecule has 4 aromatic carbocycles. The van der Waals surface area contributed by atoms with Crippen molar-refractivity contribution in [1.29, 1.82) is 0 Å². The third kappa shape index (κ3) is 3.77. The molecule has 0 radical (unpaired) electrons. The van der Waals surface area contributed by atoms with E-state index in [1.54, 1.807) is 35.1 Å². The molecule has 6 aromatic rings. The summed E-state index contributed by atoms with van der Waals surface area (Å²) >= 11 is 0. The summed E-state index contributed by atoms with van der Waals surface area (Å²) in [4.78, 5) is 9.46. The number of nitrogens with zero attached hydrogens (tertiary/aromatic N) is 4. The second kappa shape index (κ2) is 8.43. The highest BCUT2D eigenvalue weighted by Gasteiger charge is 2.24. The fourth-order valence-electron chi connectivity index (χ4n) is 4.22. The lowest BCUT2D eigenvalue weighted by Gasteiger charge is -2.11. The Labute approximate surface area is 201 Å². The van der Waals surface area contributed by atoms with E-state index in [-0.39, 0.29) is 11.5 Å². The van der Waals surface area contributed by atoms with Crippen LogP contribution in [-0.2, 0) is 0 Å². The van der Waals surface area contributed by atoms with Crippen LogP contribution in [0.2, 0.25) is 0 Å². The van der Waals surface area contributed by atoms with Gasteiger partial charge in [0.15, 0.2) is 5.82 Å². The maximum Gasteiger partial charge on any atom is 0.173 e. The smallest absolute Gasteiger partial charge is 0.173 e. The first-order valence-electron chi connectivity index (χ1n) is 11.2. The second-order valence-electron chi connectivity index (χ2n) is 8.16. The van der Waals surface area contributed by atoms with Crippen molar-refractivity contribution in [2.24, 2.45) is 0 Å². The number of benzene rings is 4. The van der Waals surface area contributed by atoms with Gasteiger partial charge in [0.25, 0.3) is 0 Å². The summed E-state index contributed by atoms with van der Waals surface area (Å²) in [6.45, 7) is 0. The summed E-state index contributed by atoms with van der Waals surface area (Å²) in [5.41, 5.74) is 6.76. The molecule has 0 saturated carbocycles. The van der Waals surface area contributed by atoms with E-state index in [0.29, 0.717) is 5.82 Å². The molecule has 0 amide bonds. The van der Waals surface area contributed by atoms with Gasteiger partial charge in [0, 0.05) is 16.7 Å². The third-order valence-corrected chi connectivity index (χ3v) is 5.88. The third-order valence-electron chi connectivity index (χ3n) is 5.88. The number of hydrogen-bond acceptors (Lipinski definition) is 5. The SMILES string of the molecule is Oc1ccc(-c2nn(-c3cnc4ccccc4n3)c(-c3ccc(O)cc3)c2-c2ccccc2)cc1. The number of fused-ring (bicyclic) bond motifs is 1. The molecule has 2 N–H and O–H groups in total. The van der Waals surface area contributed by atoms with Crippen molar-refractivity contribution in [2.75, 3.05) is 0 Å². The van der Waals surface area contributed by atoms with Crippen LogP contribution in [0.1, 0.15) is 0 Å². The van der Waals surface area contributed by atoms with Crippen LogP contribution in [0, 0.1) is 0 Å². The van der Waals surface area contributed by atoms with Gasteiger partial charge in [0.1, 0.15) is 17.2 Å². The highest BCUT2D eigenvalue weighted by molar-refractivity contribution is 5.92. The van der Waals surface area contributed by atoms with E-state index in [9.17, 15) is 10.2 Å². The number of phenols is 2. The van der Waals surface area contributed by atoms with Crippen molar-refractivity contribution < 1.29 is 10.2 Å². The van der Waals surface area contributed by atoms with E-state index in [1.165, 1.54) is 0 Å². The minimum Gasteiger partial charge on any atom is -0.508 e. The molecule has 0 bridgehead atoms. The second-order valence-corrected chi connectivity index (χ2v) is 8.16. The predicted molar refractivity (Wildman–Crippen MR) is 136 cm³/mol. The Balaban J connectivity index is 1.70. The lowest BCUT2D eigenvalue weighted by atomic mass is 9.95. The Kier molecular flexibility index (Phi) is 4.96. The van der Waals surface area contributed by atoms with Crippen LogP contribution < -0.4 is 0 Å². The summed E-state index contributed by atoms with van der Waals surface area (Å²) < 4.78 is 1.80. The van der Waals surface area contributed by atoms with Gasteiger partial charge >= 0.3 is 0 Å². The molecule has 0 fully saturated rings. The first kappa shape index (κ1) is 20.6. The van der Waals surface area contributed by atoms with Crippen molar-refractivity contribution in [1.82, 2.24) is 19.7 Å². The molecule has 0 saturated heterocycles. The number of aromatic nitrogens is 4. The lowest BCUT2D eigenvalue weighted by Crippen LogP contribution is -2.03. The molecular formula is C29H20N4O2. The van der Waals surface area contributed by atoms with E-state index < -0.39 is 0 Å². The Bertz CT molecular complexity index is 1640. The molecule has 0 aliphatic rings. The zero-order chi connectivity index (χ0) is 23.8. The number of hydrogen-bond donors (Lipinski definition) is 2. The number of aromatic hydroxyl groups is 2. The fourth-order valence-corrected chi connectivity index (χ4v) is 4.22. The van der Waals surface area contributed by atoms with Gasteiger partial charge < -0.3 is 10.2 Å².